The van der Waals surface area contributed by atoms with Crippen LogP contribution < -0.4 is 10.1 Å². The fourth-order valence-corrected chi connectivity index (χ4v) is 4.29. The lowest BCUT2D eigenvalue weighted by atomic mass is 10.0. The number of thiophene rings is 1. The van der Waals surface area contributed by atoms with Crippen molar-refractivity contribution >= 4 is 49.6 Å². The van der Waals surface area contributed by atoms with E-state index in [4.69, 9.17) is 9.47 Å². The van der Waals surface area contributed by atoms with Gasteiger partial charge in [0.25, 0.3) is 5.69 Å². The number of esters is 1. The molecule has 7 nitrogen and oxygen atoms in total. The molecule has 3 aromatic rings. The minimum Gasteiger partial charge on any atom is -0.484 e. The molecule has 0 spiro atoms. The van der Waals surface area contributed by atoms with E-state index < -0.39 is 28.7 Å². The van der Waals surface area contributed by atoms with Crippen LogP contribution in [-0.2, 0) is 10.9 Å². The van der Waals surface area contributed by atoms with Crippen LogP contribution in [0.5, 0.6) is 5.75 Å². The Kier molecular flexibility index (Phi) is 7.28. The summed E-state index contributed by atoms with van der Waals surface area (Å²) in [6.07, 6.45) is -5.64. The molecular formula is C21H16BrF3N2O5S. The van der Waals surface area contributed by atoms with Crippen molar-refractivity contribution in [2.24, 2.45) is 0 Å². The van der Waals surface area contributed by atoms with E-state index in [1.54, 1.807) is 6.07 Å². The van der Waals surface area contributed by atoms with Gasteiger partial charge < -0.3 is 14.8 Å². The van der Waals surface area contributed by atoms with Crippen LogP contribution in [0.2, 0.25) is 0 Å². The number of nitro benzene ring substituents is 1. The first-order valence-corrected chi connectivity index (χ1v) is 10.9. The van der Waals surface area contributed by atoms with Gasteiger partial charge in [0, 0.05) is 22.2 Å². The molecule has 0 fully saturated rings. The summed E-state index contributed by atoms with van der Waals surface area (Å²) in [5.74, 6) is -0.775. The monoisotopic (exact) mass is 544 g/mol. The van der Waals surface area contributed by atoms with Gasteiger partial charge in [-0.15, -0.1) is 11.3 Å². The number of nitrogens with one attached hydrogen (secondary N) is 1. The summed E-state index contributed by atoms with van der Waals surface area (Å²) in [6, 6.07) is 10.7. The molecule has 0 aliphatic heterocycles. The summed E-state index contributed by atoms with van der Waals surface area (Å²) in [5.41, 5.74) is -1.02. The number of halogens is 4. The topological polar surface area (TPSA) is 90.7 Å². The largest absolute Gasteiger partial charge is 0.484 e. The lowest BCUT2D eigenvalue weighted by molar-refractivity contribution is -0.384. The van der Waals surface area contributed by atoms with Crippen LogP contribution >= 0.6 is 27.3 Å². The van der Waals surface area contributed by atoms with Gasteiger partial charge in [-0.3, -0.25) is 10.1 Å². The fraction of sp³-hybridized carbons (Fsp3) is 0.190. The number of alkyl halides is 3. The molecule has 2 aromatic carbocycles. The Labute approximate surface area is 198 Å². The second kappa shape index (κ2) is 9.79. The summed E-state index contributed by atoms with van der Waals surface area (Å²) in [5, 5.41) is 14.5. The number of carbonyl (C=O) groups excluding carboxylic acids is 1. The van der Waals surface area contributed by atoms with Gasteiger partial charge in [-0.05, 0) is 25.1 Å². The average molecular weight is 545 g/mol. The van der Waals surface area contributed by atoms with E-state index in [-0.39, 0.29) is 27.6 Å². The van der Waals surface area contributed by atoms with Crippen LogP contribution in [0.15, 0.2) is 53.0 Å². The molecule has 1 unspecified atom stereocenters. The van der Waals surface area contributed by atoms with Crippen molar-refractivity contribution in [3.05, 3.63) is 79.1 Å². The van der Waals surface area contributed by atoms with Gasteiger partial charge in [-0.1, -0.05) is 34.1 Å². The highest BCUT2D eigenvalue weighted by molar-refractivity contribution is 9.10. The molecule has 1 aromatic heterocycles. The molecule has 0 radical (unpaired) electrons. The van der Waals surface area contributed by atoms with E-state index >= 15 is 0 Å². The first-order valence-electron chi connectivity index (χ1n) is 9.27. The van der Waals surface area contributed by atoms with Crippen LogP contribution in [0.25, 0.3) is 0 Å². The highest BCUT2D eigenvalue weighted by Crippen LogP contribution is 2.41. The Morgan fingerprint density at radius 2 is 1.91 bits per heavy atom. The van der Waals surface area contributed by atoms with Crippen LogP contribution in [-0.4, -0.2) is 18.0 Å². The standard InChI is InChI=1S/C21H16BrF3N2O5S/c1-11(13-5-3-4-6-14(13)21(23,24)25)32-17-10-18(33-19(17)20(28)31-2)26-15-8-7-12(22)9-16(15)27(29)30/h3-11,26H,1-2H3. The summed E-state index contributed by atoms with van der Waals surface area (Å²) in [4.78, 5) is 23.0. The number of benzene rings is 2. The number of ether oxygens (including phenoxy) is 2. The lowest BCUT2D eigenvalue weighted by Crippen LogP contribution is -2.14. The van der Waals surface area contributed by atoms with Gasteiger partial charge in [0.1, 0.15) is 17.5 Å². The number of nitrogens with zero attached hydrogens (tertiary/aromatic N) is 1. The zero-order chi connectivity index (χ0) is 24.3. The lowest BCUT2D eigenvalue weighted by Gasteiger charge is -2.19. The van der Waals surface area contributed by atoms with Crippen molar-refractivity contribution in [3.63, 3.8) is 0 Å². The van der Waals surface area contributed by atoms with Crippen molar-refractivity contribution in [2.75, 3.05) is 12.4 Å². The number of hydrogen-bond donors (Lipinski definition) is 1. The van der Waals surface area contributed by atoms with E-state index in [1.807, 2.05) is 0 Å². The van der Waals surface area contributed by atoms with Gasteiger partial charge in [0.15, 0.2) is 4.88 Å². The number of carbonyl (C=O) groups is 1. The molecule has 0 amide bonds. The van der Waals surface area contributed by atoms with Gasteiger partial charge in [0.2, 0.25) is 0 Å². The Morgan fingerprint density at radius 1 is 1.21 bits per heavy atom. The average Bonchev–Trinajstić information content (AvgIpc) is 3.15. The molecule has 3 rings (SSSR count). The molecule has 1 atom stereocenters. The van der Waals surface area contributed by atoms with Gasteiger partial charge >= 0.3 is 12.1 Å². The molecule has 174 valence electrons. The number of methoxy groups -OCH3 is 1. The van der Waals surface area contributed by atoms with E-state index in [1.165, 1.54) is 43.3 Å². The maximum atomic E-state index is 13.4. The molecule has 0 aliphatic carbocycles. The van der Waals surface area contributed by atoms with E-state index in [0.717, 1.165) is 24.5 Å². The third-order valence-electron chi connectivity index (χ3n) is 4.49. The zero-order valence-corrected chi connectivity index (χ0v) is 19.5. The molecule has 0 saturated carbocycles. The first-order chi connectivity index (χ1) is 15.5. The van der Waals surface area contributed by atoms with Crippen LogP contribution in [0.4, 0.5) is 29.5 Å². The SMILES string of the molecule is COC(=O)c1sc(Nc2ccc(Br)cc2[N+](=O)[O-])cc1OC(C)c1ccccc1C(F)(F)F. The third-order valence-corrected chi connectivity index (χ3v) is 6.00. The Balaban J connectivity index is 1.96. The van der Waals surface area contributed by atoms with Crippen molar-refractivity contribution in [1.29, 1.82) is 0 Å². The van der Waals surface area contributed by atoms with Crippen LogP contribution in [0.1, 0.15) is 33.8 Å². The molecule has 33 heavy (non-hydrogen) atoms. The summed E-state index contributed by atoms with van der Waals surface area (Å²) >= 11 is 4.06. The highest BCUT2D eigenvalue weighted by Gasteiger charge is 2.35. The number of nitro groups is 1. The van der Waals surface area contributed by atoms with E-state index in [2.05, 4.69) is 21.2 Å². The highest BCUT2D eigenvalue weighted by atomic mass is 79.9. The molecule has 1 heterocycles. The first kappa shape index (κ1) is 24.5. The van der Waals surface area contributed by atoms with Gasteiger partial charge in [0.05, 0.1) is 22.6 Å². The van der Waals surface area contributed by atoms with Crippen molar-refractivity contribution in [3.8, 4) is 5.75 Å². The van der Waals surface area contributed by atoms with Gasteiger partial charge in [-0.25, -0.2) is 4.79 Å². The second-order valence-electron chi connectivity index (χ2n) is 6.68. The van der Waals surface area contributed by atoms with Crippen LogP contribution in [0, 0.1) is 10.1 Å². The number of rotatable bonds is 7. The van der Waals surface area contributed by atoms with E-state index in [0.29, 0.717) is 9.47 Å². The van der Waals surface area contributed by atoms with Gasteiger partial charge in [-0.2, -0.15) is 13.2 Å². The quantitative estimate of drug-likeness (QED) is 0.193. The molecule has 12 heteroatoms. The van der Waals surface area contributed by atoms with Crippen molar-refractivity contribution in [1.82, 2.24) is 0 Å². The minimum atomic E-state index is -4.58. The molecule has 1 N–H and O–H groups in total. The third kappa shape index (κ3) is 5.63. The number of hydrogen-bond acceptors (Lipinski definition) is 7. The predicted octanol–water partition coefficient (Wildman–Crippen LogP) is 7.11. The number of anilines is 2. The normalized spacial score (nSPS) is 12.2. The van der Waals surface area contributed by atoms with Crippen molar-refractivity contribution < 1.29 is 32.4 Å². The Bertz CT molecular complexity index is 1200. The Hall–Kier alpha value is -3.12. The Morgan fingerprint density at radius 3 is 2.55 bits per heavy atom. The molecule has 0 bridgehead atoms. The molecule has 0 aliphatic rings. The summed E-state index contributed by atoms with van der Waals surface area (Å²) in [7, 11) is 1.15. The second-order valence-corrected chi connectivity index (χ2v) is 8.65. The predicted molar refractivity (Wildman–Crippen MR) is 120 cm³/mol. The smallest absolute Gasteiger partial charge is 0.416 e. The fourth-order valence-electron chi connectivity index (χ4n) is 3.02. The van der Waals surface area contributed by atoms with Crippen molar-refractivity contribution in [2.45, 2.75) is 19.2 Å². The summed E-state index contributed by atoms with van der Waals surface area (Å²) in [6.45, 7) is 1.43. The zero-order valence-electron chi connectivity index (χ0n) is 17.1. The van der Waals surface area contributed by atoms with Crippen LogP contribution in [0.3, 0.4) is 0 Å². The van der Waals surface area contributed by atoms with E-state index in [9.17, 15) is 28.1 Å². The minimum absolute atomic E-state index is 0.00361. The maximum absolute atomic E-state index is 13.4. The summed E-state index contributed by atoms with van der Waals surface area (Å²) < 4.78 is 51.2. The molecule has 0 saturated heterocycles. The maximum Gasteiger partial charge on any atom is 0.416 e. The molecular weight excluding hydrogens is 529 g/mol.